The standard InChI is InChI=1S/C10H12N6/c1-7-4-14-8(5-13-7)6-15-10-12-3-2-9(11)16-10/h2-5H,6H2,1H3,(H3,11,12,15,16). The molecule has 2 aromatic rings. The number of rotatable bonds is 3. The molecule has 16 heavy (non-hydrogen) atoms. The van der Waals surface area contributed by atoms with Crippen LogP contribution >= 0.6 is 0 Å². The van der Waals surface area contributed by atoms with E-state index < -0.39 is 0 Å². The van der Waals surface area contributed by atoms with Crippen LogP contribution in [0, 0.1) is 6.92 Å². The molecule has 0 bridgehead atoms. The molecule has 0 fully saturated rings. The van der Waals surface area contributed by atoms with Crippen LogP contribution in [0.2, 0.25) is 0 Å². The molecular formula is C10H12N6. The van der Waals surface area contributed by atoms with Gasteiger partial charge in [-0.3, -0.25) is 9.97 Å². The van der Waals surface area contributed by atoms with E-state index in [1.807, 2.05) is 6.92 Å². The summed E-state index contributed by atoms with van der Waals surface area (Å²) < 4.78 is 0. The van der Waals surface area contributed by atoms with Gasteiger partial charge in [0, 0.05) is 12.4 Å². The fourth-order valence-electron chi connectivity index (χ4n) is 1.14. The summed E-state index contributed by atoms with van der Waals surface area (Å²) in [6.45, 7) is 2.42. The summed E-state index contributed by atoms with van der Waals surface area (Å²) in [6.07, 6.45) is 5.04. The molecule has 0 aliphatic carbocycles. The second-order valence-corrected chi connectivity index (χ2v) is 3.31. The zero-order valence-corrected chi connectivity index (χ0v) is 8.88. The van der Waals surface area contributed by atoms with Crippen LogP contribution in [-0.4, -0.2) is 19.9 Å². The minimum Gasteiger partial charge on any atom is -0.384 e. The predicted octanol–water partition coefficient (Wildman–Crippen LogP) is 0.769. The highest BCUT2D eigenvalue weighted by atomic mass is 15.1. The summed E-state index contributed by atoms with van der Waals surface area (Å²) in [5.41, 5.74) is 7.25. The lowest BCUT2D eigenvalue weighted by atomic mass is 10.4. The van der Waals surface area contributed by atoms with Gasteiger partial charge in [0.05, 0.1) is 24.1 Å². The molecule has 0 radical (unpaired) electrons. The van der Waals surface area contributed by atoms with Crippen molar-refractivity contribution in [2.75, 3.05) is 11.1 Å². The Kier molecular flexibility index (Phi) is 2.90. The first kappa shape index (κ1) is 10.3. The maximum absolute atomic E-state index is 5.53. The van der Waals surface area contributed by atoms with Crippen LogP contribution in [-0.2, 0) is 6.54 Å². The van der Waals surface area contributed by atoms with E-state index in [4.69, 9.17) is 5.73 Å². The average molecular weight is 216 g/mol. The largest absolute Gasteiger partial charge is 0.384 e. The SMILES string of the molecule is Cc1cnc(CNc2nccc(N)n2)cn1. The molecule has 0 aliphatic heterocycles. The fourth-order valence-corrected chi connectivity index (χ4v) is 1.14. The highest BCUT2D eigenvalue weighted by Crippen LogP contribution is 2.03. The van der Waals surface area contributed by atoms with E-state index in [0.717, 1.165) is 11.4 Å². The van der Waals surface area contributed by atoms with Crippen molar-refractivity contribution in [3.05, 3.63) is 36.0 Å². The first-order valence-electron chi connectivity index (χ1n) is 4.84. The fraction of sp³-hybridized carbons (Fsp3) is 0.200. The van der Waals surface area contributed by atoms with Gasteiger partial charge in [0.25, 0.3) is 0 Å². The van der Waals surface area contributed by atoms with Crippen molar-refractivity contribution in [2.24, 2.45) is 0 Å². The van der Waals surface area contributed by atoms with Crippen molar-refractivity contribution in [3.63, 3.8) is 0 Å². The zero-order chi connectivity index (χ0) is 11.4. The topological polar surface area (TPSA) is 89.6 Å². The van der Waals surface area contributed by atoms with E-state index in [9.17, 15) is 0 Å². The number of aromatic nitrogens is 4. The summed E-state index contributed by atoms with van der Waals surface area (Å²) >= 11 is 0. The Hall–Kier alpha value is -2.24. The third kappa shape index (κ3) is 2.63. The van der Waals surface area contributed by atoms with E-state index >= 15 is 0 Å². The molecule has 82 valence electrons. The zero-order valence-electron chi connectivity index (χ0n) is 8.88. The second kappa shape index (κ2) is 4.52. The second-order valence-electron chi connectivity index (χ2n) is 3.31. The van der Waals surface area contributed by atoms with Gasteiger partial charge in [-0.1, -0.05) is 0 Å². The number of nitrogens with two attached hydrogens (primary N) is 1. The number of anilines is 2. The smallest absolute Gasteiger partial charge is 0.224 e. The Labute approximate surface area is 93.0 Å². The Morgan fingerprint density at radius 1 is 1.25 bits per heavy atom. The lowest BCUT2D eigenvalue weighted by Crippen LogP contribution is -2.06. The van der Waals surface area contributed by atoms with Crippen LogP contribution < -0.4 is 11.1 Å². The molecule has 3 N–H and O–H groups in total. The van der Waals surface area contributed by atoms with Crippen LogP contribution in [0.4, 0.5) is 11.8 Å². The van der Waals surface area contributed by atoms with Gasteiger partial charge in [-0.05, 0) is 13.0 Å². The molecule has 0 saturated heterocycles. The lowest BCUT2D eigenvalue weighted by Gasteiger charge is -2.04. The molecule has 0 aromatic carbocycles. The number of nitrogens with zero attached hydrogens (tertiary/aromatic N) is 4. The third-order valence-electron chi connectivity index (χ3n) is 1.94. The Balaban J connectivity index is 1.99. The van der Waals surface area contributed by atoms with Crippen molar-refractivity contribution in [1.29, 1.82) is 0 Å². The van der Waals surface area contributed by atoms with E-state index in [0.29, 0.717) is 18.3 Å². The molecule has 2 aromatic heterocycles. The van der Waals surface area contributed by atoms with Gasteiger partial charge in [0.2, 0.25) is 5.95 Å². The van der Waals surface area contributed by atoms with E-state index in [2.05, 4.69) is 25.3 Å². The van der Waals surface area contributed by atoms with Gasteiger partial charge in [-0.2, -0.15) is 4.98 Å². The average Bonchev–Trinajstić information content (AvgIpc) is 2.28. The van der Waals surface area contributed by atoms with Gasteiger partial charge in [0.15, 0.2) is 0 Å². The molecule has 0 spiro atoms. The number of nitrogens with one attached hydrogen (secondary N) is 1. The molecule has 0 amide bonds. The molecule has 0 aliphatic rings. The number of hydrogen-bond donors (Lipinski definition) is 2. The van der Waals surface area contributed by atoms with E-state index in [1.54, 1.807) is 24.7 Å². The molecule has 0 atom stereocenters. The predicted molar refractivity (Wildman–Crippen MR) is 60.5 cm³/mol. The van der Waals surface area contributed by atoms with E-state index in [-0.39, 0.29) is 0 Å². The molecule has 0 saturated carbocycles. The maximum atomic E-state index is 5.53. The Morgan fingerprint density at radius 3 is 2.81 bits per heavy atom. The highest BCUT2D eigenvalue weighted by molar-refractivity contribution is 5.35. The summed E-state index contributed by atoms with van der Waals surface area (Å²) in [7, 11) is 0. The highest BCUT2D eigenvalue weighted by Gasteiger charge is 1.98. The molecular weight excluding hydrogens is 204 g/mol. The Bertz CT molecular complexity index is 467. The Morgan fingerprint density at radius 2 is 2.12 bits per heavy atom. The molecule has 2 rings (SSSR count). The van der Waals surface area contributed by atoms with Gasteiger partial charge in [-0.25, -0.2) is 4.98 Å². The molecule has 6 heteroatoms. The number of hydrogen-bond acceptors (Lipinski definition) is 6. The van der Waals surface area contributed by atoms with Gasteiger partial charge >= 0.3 is 0 Å². The maximum Gasteiger partial charge on any atom is 0.224 e. The van der Waals surface area contributed by atoms with Crippen molar-refractivity contribution in [2.45, 2.75) is 13.5 Å². The lowest BCUT2D eigenvalue weighted by molar-refractivity contribution is 0.963. The van der Waals surface area contributed by atoms with Gasteiger partial charge in [0.1, 0.15) is 5.82 Å². The molecule has 6 nitrogen and oxygen atoms in total. The molecule has 0 unspecified atom stereocenters. The number of nitrogen functional groups attached to an aromatic ring is 1. The summed E-state index contributed by atoms with van der Waals surface area (Å²) in [5.74, 6) is 0.926. The van der Waals surface area contributed by atoms with Crippen LogP contribution in [0.5, 0.6) is 0 Å². The first-order chi connectivity index (χ1) is 7.74. The number of aryl methyl sites for hydroxylation is 1. The quantitative estimate of drug-likeness (QED) is 0.787. The monoisotopic (exact) mass is 216 g/mol. The van der Waals surface area contributed by atoms with Crippen molar-refractivity contribution >= 4 is 11.8 Å². The van der Waals surface area contributed by atoms with Gasteiger partial charge in [-0.15, -0.1) is 0 Å². The first-order valence-corrected chi connectivity index (χ1v) is 4.84. The summed E-state index contributed by atoms with van der Waals surface area (Å²) in [5, 5.41) is 3.02. The minimum atomic E-state index is 0.437. The van der Waals surface area contributed by atoms with Crippen LogP contribution in [0.1, 0.15) is 11.4 Å². The van der Waals surface area contributed by atoms with Crippen molar-refractivity contribution in [3.8, 4) is 0 Å². The third-order valence-corrected chi connectivity index (χ3v) is 1.94. The van der Waals surface area contributed by atoms with Gasteiger partial charge < -0.3 is 11.1 Å². The van der Waals surface area contributed by atoms with E-state index in [1.165, 1.54) is 0 Å². The van der Waals surface area contributed by atoms with Crippen molar-refractivity contribution in [1.82, 2.24) is 19.9 Å². The normalized spacial score (nSPS) is 10.1. The summed E-state index contributed by atoms with van der Waals surface area (Å²) in [6, 6.07) is 1.64. The van der Waals surface area contributed by atoms with Crippen LogP contribution in [0.3, 0.4) is 0 Å². The minimum absolute atomic E-state index is 0.437. The van der Waals surface area contributed by atoms with Crippen LogP contribution in [0.25, 0.3) is 0 Å². The summed E-state index contributed by atoms with van der Waals surface area (Å²) in [4.78, 5) is 16.4. The van der Waals surface area contributed by atoms with Crippen molar-refractivity contribution < 1.29 is 0 Å². The molecule has 2 heterocycles. The van der Waals surface area contributed by atoms with Crippen LogP contribution in [0.15, 0.2) is 24.7 Å².